The molecule has 1 N–H and O–H groups in total. The Bertz CT molecular complexity index is 351. The highest BCUT2D eigenvalue weighted by Gasteiger charge is 2.32. The summed E-state index contributed by atoms with van der Waals surface area (Å²) in [6.07, 6.45) is 0. The first-order valence-corrected chi connectivity index (χ1v) is 4.69. The number of methoxy groups -OCH3 is 1. The van der Waals surface area contributed by atoms with Crippen molar-refractivity contribution in [2.75, 3.05) is 20.4 Å². The lowest BCUT2D eigenvalue weighted by molar-refractivity contribution is 0.0765. The average molecular weight is 225 g/mol. The second-order valence-corrected chi connectivity index (χ2v) is 3.54. The fraction of sp³-hybridized carbons (Fsp3) is 0.400. The topological polar surface area (TPSA) is 61.9 Å². The van der Waals surface area contributed by atoms with Gasteiger partial charge in [-0.05, 0) is 6.92 Å². The summed E-state index contributed by atoms with van der Waals surface area (Å²) in [5.41, 5.74) is 0.794. The lowest BCUT2D eigenvalue weighted by Gasteiger charge is -2.36. The van der Waals surface area contributed by atoms with Gasteiger partial charge in [0.2, 0.25) is 0 Å². The zero-order chi connectivity index (χ0) is 12.3. The first kappa shape index (κ1) is 12.3. The summed E-state index contributed by atoms with van der Waals surface area (Å²) in [5.74, 6) is 0.290. The van der Waals surface area contributed by atoms with Gasteiger partial charge in [0.25, 0.3) is 0 Å². The number of imide groups is 1. The van der Waals surface area contributed by atoms with Crippen molar-refractivity contribution in [3.8, 4) is 0 Å². The van der Waals surface area contributed by atoms with Crippen LogP contribution in [0.4, 0.5) is 9.59 Å². The summed E-state index contributed by atoms with van der Waals surface area (Å²) in [7, 11) is 1.46. The molecule has 0 aromatic rings. The standard InChI is InChI=1S/C10H15N3O3/c1-7(2)5-12-8(3)13(6-16-4)10(15)11-9(12)14/h1,3,5-6H2,2,4H3,(H,11,14,15). The smallest absolute Gasteiger partial charge is 0.333 e. The summed E-state index contributed by atoms with van der Waals surface area (Å²) < 4.78 is 4.85. The average Bonchev–Trinajstić information content (AvgIpc) is 2.19. The highest BCUT2D eigenvalue weighted by atomic mass is 16.5. The zero-order valence-corrected chi connectivity index (χ0v) is 9.45. The molecule has 1 fully saturated rings. The third-order valence-electron chi connectivity index (χ3n) is 2.01. The van der Waals surface area contributed by atoms with E-state index in [0.717, 1.165) is 5.57 Å². The Hall–Kier alpha value is -1.82. The number of urea groups is 2. The van der Waals surface area contributed by atoms with Gasteiger partial charge in [0.15, 0.2) is 0 Å². The van der Waals surface area contributed by atoms with Gasteiger partial charge < -0.3 is 4.74 Å². The monoisotopic (exact) mass is 225 g/mol. The summed E-state index contributed by atoms with van der Waals surface area (Å²) in [5, 5.41) is 2.19. The Balaban J connectivity index is 2.85. The second-order valence-electron chi connectivity index (χ2n) is 3.54. The van der Waals surface area contributed by atoms with Gasteiger partial charge in [-0.3, -0.25) is 15.1 Å². The van der Waals surface area contributed by atoms with E-state index in [1.807, 2.05) is 0 Å². The quantitative estimate of drug-likeness (QED) is 0.728. The van der Waals surface area contributed by atoms with Crippen LogP contribution in [0, 0.1) is 0 Å². The molecule has 0 aromatic heterocycles. The van der Waals surface area contributed by atoms with Gasteiger partial charge in [-0.2, -0.15) is 0 Å². The number of rotatable bonds is 4. The van der Waals surface area contributed by atoms with Crippen LogP contribution in [0.5, 0.6) is 0 Å². The molecule has 0 aliphatic carbocycles. The van der Waals surface area contributed by atoms with Crippen LogP contribution in [-0.2, 0) is 4.74 Å². The van der Waals surface area contributed by atoms with E-state index in [-0.39, 0.29) is 6.73 Å². The molecule has 16 heavy (non-hydrogen) atoms. The van der Waals surface area contributed by atoms with Crippen LogP contribution in [0.15, 0.2) is 24.6 Å². The molecule has 0 saturated carbocycles. The summed E-state index contributed by atoms with van der Waals surface area (Å²) in [6.45, 7) is 9.56. The van der Waals surface area contributed by atoms with E-state index in [1.54, 1.807) is 6.92 Å². The molecule has 1 heterocycles. The molecule has 0 spiro atoms. The van der Waals surface area contributed by atoms with Crippen molar-refractivity contribution >= 4 is 12.1 Å². The molecule has 1 saturated heterocycles. The molecule has 6 nitrogen and oxygen atoms in total. The van der Waals surface area contributed by atoms with Crippen molar-refractivity contribution < 1.29 is 14.3 Å². The van der Waals surface area contributed by atoms with Crippen LogP contribution >= 0.6 is 0 Å². The van der Waals surface area contributed by atoms with E-state index >= 15 is 0 Å². The number of carbonyl (C=O) groups is 2. The molecule has 1 aliphatic rings. The third kappa shape index (κ3) is 2.40. The fourth-order valence-electron chi connectivity index (χ4n) is 1.30. The zero-order valence-electron chi connectivity index (χ0n) is 9.45. The number of nitrogens with zero attached hydrogens (tertiary/aromatic N) is 2. The largest absolute Gasteiger partial charge is 0.364 e. The van der Waals surface area contributed by atoms with Crippen molar-refractivity contribution in [1.82, 2.24) is 15.1 Å². The predicted molar refractivity (Wildman–Crippen MR) is 58.3 cm³/mol. The second kappa shape index (κ2) is 4.80. The molecule has 1 rings (SSSR count). The van der Waals surface area contributed by atoms with Crippen LogP contribution < -0.4 is 5.32 Å². The van der Waals surface area contributed by atoms with Crippen LogP contribution in [0.2, 0.25) is 0 Å². The number of nitrogens with one attached hydrogen (secondary N) is 1. The van der Waals surface area contributed by atoms with Gasteiger partial charge >= 0.3 is 12.1 Å². The summed E-state index contributed by atoms with van der Waals surface area (Å²) >= 11 is 0. The van der Waals surface area contributed by atoms with Crippen LogP contribution in [0.3, 0.4) is 0 Å². The van der Waals surface area contributed by atoms with Gasteiger partial charge in [-0.15, -0.1) is 0 Å². The molecule has 88 valence electrons. The molecule has 6 heteroatoms. The minimum atomic E-state index is -0.533. The van der Waals surface area contributed by atoms with Gasteiger partial charge in [-0.25, -0.2) is 9.59 Å². The highest BCUT2D eigenvalue weighted by molar-refractivity contribution is 5.97. The van der Waals surface area contributed by atoms with Gasteiger partial charge in [-0.1, -0.05) is 18.7 Å². The number of carbonyl (C=O) groups excluding carboxylic acids is 2. The van der Waals surface area contributed by atoms with Crippen LogP contribution in [0.25, 0.3) is 0 Å². The molecule has 0 aromatic carbocycles. The highest BCUT2D eigenvalue weighted by Crippen LogP contribution is 2.15. The number of hydrogen-bond donors (Lipinski definition) is 1. The minimum Gasteiger partial charge on any atom is -0.364 e. The minimum absolute atomic E-state index is 0.0463. The molecule has 0 unspecified atom stereocenters. The lowest BCUT2D eigenvalue weighted by Crippen LogP contribution is -2.57. The van der Waals surface area contributed by atoms with Crippen molar-refractivity contribution in [3.05, 3.63) is 24.6 Å². The van der Waals surface area contributed by atoms with E-state index in [9.17, 15) is 9.59 Å². The molecule has 0 atom stereocenters. The van der Waals surface area contributed by atoms with Crippen LogP contribution in [0.1, 0.15) is 6.92 Å². The first-order chi connectivity index (χ1) is 7.47. The molecule has 0 radical (unpaired) electrons. The predicted octanol–water partition coefficient (Wildman–Crippen LogP) is 1.08. The van der Waals surface area contributed by atoms with Crippen molar-refractivity contribution in [3.63, 3.8) is 0 Å². The lowest BCUT2D eigenvalue weighted by atomic mass is 10.3. The number of ether oxygens (including phenoxy) is 1. The van der Waals surface area contributed by atoms with E-state index in [4.69, 9.17) is 4.74 Å². The summed E-state index contributed by atoms with van der Waals surface area (Å²) in [4.78, 5) is 25.5. The van der Waals surface area contributed by atoms with E-state index in [2.05, 4.69) is 18.5 Å². The van der Waals surface area contributed by atoms with Gasteiger partial charge in [0.05, 0.1) is 0 Å². The molecule has 1 aliphatic heterocycles. The van der Waals surface area contributed by atoms with E-state index < -0.39 is 12.1 Å². The molecule has 0 bridgehead atoms. The molecule has 4 amide bonds. The molecular weight excluding hydrogens is 210 g/mol. The van der Waals surface area contributed by atoms with Crippen molar-refractivity contribution in [1.29, 1.82) is 0 Å². The number of hydrogen-bond acceptors (Lipinski definition) is 3. The van der Waals surface area contributed by atoms with Crippen molar-refractivity contribution in [2.45, 2.75) is 6.92 Å². The Kier molecular flexibility index (Phi) is 3.68. The Morgan fingerprint density at radius 1 is 1.38 bits per heavy atom. The van der Waals surface area contributed by atoms with Gasteiger partial charge in [0.1, 0.15) is 12.6 Å². The van der Waals surface area contributed by atoms with Crippen LogP contribution in [-0.4, -0.2) is 42.2 Å². The van der Waals surface area contributed by atoms with Crippen molar-refractivity contribution in [2.24, 2.45) is 0 Å². The van der Waals surface area contributed by atoms with E-state index in [0.29, 0.717) is 12.4 Å². The van der Waals surface area contributed by atoms with Gasteiger partial charge in [0, 0.05) is 13.7 Å². The Morgan fingerprint density at radius 3 is 2.44 bits per heavy atom. The maximum absolute atomic E-state index is 11.5. The number of amides is 4. The fourth-order valence-corrected chi connectivity index (χ4v) is 1.30. The maximum Gasteiger partial charge on any atom is 0.333 e. The Labute approximate surface area is 94.1 Å². The maximum atomic E-state index is 11.5. The normalized spacial score (nSPS) is 16.5. The SMILES string of the molecule is C=C(C)CN1C(=C)N(COC)C(=O)NC1=O. The third-order valence-corrected chi connectivity index (χ3v) is 2.01. The Morgan fingerprint density at radius 2 is 1.94 bits per heavy atom. The summed E-state index contributed by atoms with van der Waals surface area (Å²) in [6, 6.07) is -1.03. The van der Waals surface area contributed by atoms with E-state index in [1.165, 1.54) is 16.9 Å². The first-order valence-electron chi connectivity index (χ1n) is 4.69. The molecular formula is C10H15N3O3.